The fraction of sp³-hybridized carbons (Fsp3) is 0.414. The van der Waals surface area contributed by atoms with Gasteiger partial charge in [0.15, 0.2) is 53.1 Å². The molecule has 38 nitrogen and oxygen atoms in total. The Morgan fingerprint density at radius 3 is 1.19 bits per heavy atom. The van der Waals surface area contributed by atoms with E-state index in [2.05, 4.69) is 32.3 Å². The zero-order valence-electron chi connectivity index (χ0n) is 66.3. The number of unbranched alkanes of at least 4 members (excludes halogenated alkanes) is 2. The molecule has 3 aromatic heterocycles. The zero-order chi connectivity index (χ0) is 91.6. The van der Waals surface area contributed by atoms with E-state index in [1.807, 2.05) is 20.8 Å². The predicted octanol–water partition coefficient (Wildman–Crippen LogP) is 10.8. The van der Waals surface area contributed by atoms with E-state index in [0.717, 1.165) is 55.2 Å². The van der Waals surface area contributed by atoms with Crippen LogP contribution in [0.4, 0.5) is 25.8 Å². The molecule has 3 aliphatic rings. The summed E-state index contributed by atoms with van der Waals surface area (Å²) in [4.78, 5) is 60.8. The van der Waals surface area contributed by atoms with E-state index in [1.54, 1.807) is 81.4 Å². The highest BCUT2D eigenvalue weighted by Crippen LogP contribution is 2.48. The van der Waals surface area contributed by atoms with Crippen molar-refractivity contribution < 1.29 is 125 Å². The fourth-order valence-electron chi connectivity index (χ4n) is 12.0. The van der Waals surface area contributed by atoms with Gasteiger partial charge in [0.2, 0.25) is 56.9 Å². The van der Waals surface area contributed by atoms with Crippen molar-refractivity contribution >= 4 is 189 Å². The standard InChI is InChI=1S/C29H36N4O11S4.C17H20N2O5S.C12H17ClN2O6S3.C10H16N2O4S3.C2H2Cl2O2/c1-4-6-12-32-22-14-19(15-24(47(30,38)39)26(22)44-20-10-8-7-9-11-20)27(34)42-17-43-29(35)33(5-2)23-13-18(3)46(36,37)28-21(23)16-25(45-28)48(31,40)41;1-2-3-9-19-14-10-12(17(20)21)11-15(25(18,22)23)16(14)24-13-7-5-4-6-8-13;1-3-15(12(16)21-6-13)9-4-7(2)23(17,18)11-8(9)5-10(22-11)24(14,19)20;1-3-12-8-4-6(2)18(13,14)10-7(8)5-9(17-10)19(11,15)16;3-1-6-2(4)5/h7-11,14-16,18,23,32H,4-6,12-13,17H2,1-3H3,(H2,30,38,39)(H2,31,40,41);4-8,10-11,19H,2-3,9H2,1H3,(H,20,21)(H2,18,22,23);5,7,9H,3-4,6H2,1-2H3,(H2,14,19,20);5-6,8,12H,3-4H2,1-2H3,(H2,11,15,16);1H2/t18-,23-;;7-,9-;6-,8-;/m0.00./s1. The number of aromatic carboxylic acids is 1. The molecule has 4 aromatic carbocycles. The summed E-state index contributed by atoms with van der Waals surface area (Å²) in [7, 11) is -31.8. The highest BCUT2D eigenvalue weighted by Gasteiger charge is 2.46. The molecule has 0 radical (unpaired) electrons. The Bertz CT molecular complexity index is 5900. The van der Waals surface area contributed by atoms with Crippen molar-refractivity contribution in [2.45, 2.75) is 169 Å². The van der Waals surface area contributed by atoms with Crippen LogP contribution in [0.25, 0.3) is 0 Å². The molecule has 676 valence electrons. The number of thiophene rings is 3. The van der Waals surface area contributed by atoms with Crippen LogP contribution >= 0.6 is 68.8 Å². The van der Waals surface area contributed by atoms with Crippen molar-refractivity contribution in [3.05, 3.63) is 131 Å². The third kappa shape index (κ3) is 27.0. The minimum absolute atomic E-state index is 0.0187. The molecule has 0 bridgehead atoms. The van der Waals surface area contributed by atoms with Gasteiger partial charge >= 0.3 is 29.6 Å². The molecule has 10 rings (SSSR count). The molecule has 3 aliphatic heterocycles. The third-order valence-electron chi connectivity index (χ3n) is 18.0. The Labute approximate surface area is 734 Å². The molecule has 0 saturated carbocycles. The number of fused-ring (bicyclic) bond motifs is 3. The lowest BCUT2D eigenvalue weighted by molar-refractivity contribution is -0.0157. The van der Waals surface area contributed by atoms with Crippen molar-refractivity contribution in [2.75, 3.05) is 62.3 Å². The van der Waals surface area contributed by atoms with Crippen molar-refractivity contribution in [1.82, 2.24) is 15.1 Å². The molecule has 6 atom stereocenters. The number of nitrogens with one attached hydrogen (secondary N) is 3. The fourth-order valence-corrected chi connectivity index (χ4v) is 26.9. The number of ether oxygens (including phenoxy) is 6. The summed E-state index contributed by atoms with van der Waals surface area (Å²) >= 11 is 16.8. The van der Waals surface area contributed by atoms with Crippen molar-refractivity contribution in [1.29, 1.82) is 0 Å². The minimum atomic E-state index is -4.42. The number of carboxylic acids is 1. The van der Waals surface area contributed by atoms with Crippen LogP contribution in [0.2, 0.25) is 0 Å². The number of carbonyl (C=O) groups is 5. The summed E-state index contributed by atoms with van der Waals surface area (Å²) in [6, 6.07) is 23.2. The average molecular weight is 1980 g/mol. The number of primary sulfonamides is 5. The summed E-state index contributed by atoms with van der Waals surface area (Å²) in [6.45, 7) is 14.8. The summed E-state index contributed by atoms with van der Waals surface area (Å²) in [6.07, 6.45) is 2.12. The second-order valence-electron chi connectivity index (χ2n) is 26.5. The van der Waals surface area contributed by atoms with Gasteiger partial charge in [-0.1, -0.05) is 93.2 Å². The smallest absolute Gasteiger partial charge is 0.413 e. The van der Waals surface area contributed by atoms with Crippen LogP contribution in [0, 0.1) is 0 Å². The molecule has 6 heterocycles. The molecule has 0 fully saturated rings. The average Bonchev–Trinajstić information content (AvgIpc) is 1.60. The number of sulfonamides is 5. The molecular weight excluding hydrogens is 1890 g/mol. The number of alkyl halides is 2. The number of nitrogens with zero attached hydrogens (tertiary/aromatic N) is 2. The van der Waals surface area contributed by atoms with Crippen LogP contribution in [0.3, 0.4) is 0 Å². The van der Waals surface area contributed by atoms with E-state index in [4.69, 9.17) is 72.6 Å². The zero-order valence-corrected chi connectivity index (χ0v) is 77.5. The number of amides is 2. The van der Waals surface area contributed by atoms with Gasteiger partial charge in [0.25, 0.3) is 0 Å². The third-order valence-corrected chi connectivity index (χ3v) is 36.1. The number of para-hydroxylation sites is 2. The van der Waals surface area contributed by atoms with Crippen LogP contribution in [-0.2, 0) is 98.6 Å². The first kappa shape index (κ1) is 103. The van der Waals surface area contributed by atoms with Gasteiger partial charge in [-0.05, 0) is 140 Å². The number of nitrogens with two attached hydrogens (primary N) is 5. The van der Waals surface area contributed by atoms with E-state index < -0.39 is 149 Å². The van der Waals surface area contributed by atoms with Gasteiger partial charge in [-0.2, -0.15) is 0 Å². The molecular formula is C70H91Cl3N10O28S11. The quantitative estimate of drug-likeness (QED) is 0.00525. The summed E-state index contributed by atoms with van der Waals surface area (Å²) in [5.74, 6) is -1.71. The first-order valence-corrected chi connectivity index (χ1v) is 52.6. The Kier molecular flexibility index (Phi) is 37.2. The van der Waals surface area contributed by atoms with Gasteiger partial charge in [-0.3, -0.25) is 0 Å². The Morgan fingerprint density at radius 2 is 0.852 bits per heavy atom. The van der Waals surface area contributed by atoms with Gasteiger partial charge < -0.3 is 59.3 Å². The molecule has 14 N–H and O–H groups in total. The van der Waals surface area contributed by atoms with Crippen LogP contribution in [0.15, 0.2) is 138 Å². The second kappa shape index (κ2) is 44.0. The number of hydrogen-bond donors (Lipinski definition) is 9. The number of carboxylic acid groups (broad SMARTS) is 1. The van der Waals surface area contributed by atoms with E-state index in [1.165, 1.54) is 47.9 Å². The molecule has 0 spiro atoms. The van der Waals surface area contributed by atoms with Crippen LogP contribution in [0.5, 0.6) is 23.0 Å². The maximum absolute atomic E-state index is 13.2. The molecule has 0 aliphatic carbocycles. The van der Waals surface area contributed by atoms with E-state index in [0.29, 0.717) is 65.8 Å². The lowest BCUT2D eigenvalue weighted by atomic mass is 10.0. The maximum Gasteiger partial charge on any atom is 0.413 e. The normalized spacial score (nSPS) is 17.9. The van der Waals surface area contributed by atoms with Crippen molar-refractivity contribution in [2.24, 2.45) is 25.7 Å². The number of rotatable bonds is 29. The lowest BCUT2D eigenvalue weighted by Crippen LogP contribution is -2.40. The minimum Gasteiger partial charge on any atom is -0.478 e. The van der Waals surface area contributed by atoms with Gasteiger partial charge in [0.1, 0.15) is 46.5 Å². The molecule has 52 heteroatoms. The number of anilines is 2. The molecule has 0 unspecified atom stereocenters. The van der Waals surface area contributed by atoms with Gasteiger partial charge in [-0.15, -0.1) is 34.0 Å². The first-order chi connectivity index (χ1) is 56.8. The Balaban J connectivity index is 0.000000263. The van der Waals surface area contributed by atoms with Crippen LogP contribution < -0.4 is 51.1 Å². The Morgan fingerprint density at radius 1 is 0.492 bits per heavy atom. The number of sulfone groups is 3. The SMILES string of the molecule is CCCCNc1cc(C(=O)O)cc(S(N)(=O)=O)c1Oc1ccccc1.CCCCNc1cc(C(=O)OCOC(=O)N(CC)[C@H]2C[C@H](C)S(=O)(=O)c3sc(S(N)(=O)=O)cc32)cc(S(N)(=O)=O)c1Oc1ccccc1.CCN(C(=O)OCCl)[C@H]1C[C@H](C)S(=O)(=O)c2sc(S(N)(=O)=O)cc21.CCN[C@H]1C[C@H](C)S(=O)(=O)c2sc(S(N)(=O)=O)cc21.O=C(Cl)OCCl. The number of carbonyl (C=O) groups excluding carboxylic acids is 4. The topological polar surface area (TPSA) is 607 Å². The number of halogens is 3. The second-order valence-corrected chi connectivity index (χ2v) is 46.5. The van der Waals surface area contributed by atoms with Gasteiger partial charge in [-0.25, -0.2) is 117 Å². The van der Waals surface area contributed by atoms with E-state index >= 15 is 0 Å². The number of benzene rings is 4. The molecule has 2 amide bonds. The molecule has 122 heavy (non-hydrogen) atoms. The number of esters is 1. The van der Waals surface area contributed by atoms with Crippen LogP contribution in [-0.4, -0.2) is 179 Å². The number of hydrogen-bond acceptors (Lipinski definition) is 33. The summed E-state index contributed by atoms with van der Waals surface area (Å²) in [5.41, 5.74) is -0.00759. The molecule has 0 saturated heterocycles. The maximum atomic E-state index is 13.2. The molecule has 7 aromatic rings. The van der Waals surface area contributed by atoms with Gasteiger partial charge in [0.05, 0.1) is 50.3 Å². The van der Waals surface area contributed by atoms with Crippen molar-refractivity contribution in [3.63, 3.8) is 0 Å². The largest absolute Gasteiger partial charge is 0.478 e. The predicted molar refractivity (Wildman–Crippen MR) is 457 cm³/mol. The van der Waals surface area contributed by atoms with Gasteiger partial charge in [0, 0.05) is 60.5 Å². The first-order valence-electron chi connectivity index (χ1n) is 36.3. The highest BCUT2D eigenvalue weighted by molar-refractivity contribution is 7.97. The summed E-state index contributed by atoms with van der Waals surface area (Å²) < 4.78 is 224. The van der Waals surface area contributed by atoms with Crippen molar-refractivity contribution in [3.8, 4) is 23.0 Å². The summed E-state index contributed by atoms with van der Waals surface area (Å²) in [5, 5.41) is 42.5. The Hall–Kier alpha value is -7.64. The van der Waals surface area contributed by atoms with Crippen LogP contribution in [0.1, 0.15) is 156 Å². The van der Waals surface area contributed by atoms with E-state index in [-0.39, 0.29) is 119 Å². The highest BCUT2D eigenvalue weighted by atomic mass is 35.5. The monoisotopic (exact) mass is 1980 g/mol. The lowest BCUT2D eigenvalue weighted by Gasteiger charge is -2.35. The van der Waals surface area contributed by atoms with E-state index in [9.17, 15) is 96.4 Å².